The zero-order chi connectivity index (χ0) is 13.0. The Morgan fingerprint density at radius 2 is 2.33 bits per heavy atom. The number of pyridine rings is 1. The second-order valence-electron chi connectivity index (χ2n) is 5.73. The summed E-state index contributed by atoms with van der Waals surface area (Å²) in [7, 11) is 0. The van der Waals surface area contributed by atoms with Crippen LogP contribution in [0.15, 0.2) is 18.5 Å². The molecule has 1 fully saturated rings. The molecule has 0 saturated carbocycles. The van der Waals surface area contributed by atoms with Crippen molar-refractivity contribution < 1.29 is 0 Å². The molecule has 3 nitrogen and oxygen atoms in total. The summed E-state index contributed by atoms with van der Waals surface area (Å²) in [4.78, 5) is 6.80. The van der Waals surface area contributed by atoms with Gasteiger partial charge in [0, 0.05) is 31.9 Å². The Hall–Kier alpha value is -1.09. The second kappa shape index (κ2) is 6.19. The largest absolute Gasteiger partial charge is 0.370 e. The Morgan fingerprint density at radius 1 is 1.50 bits per heavy atom. The SMILES string of the molecule is CC1CCCN(c2cnccc2CNC(C)C)C1. The third-order valence-corrected chi connectivity index (χ3v) is 3.59. The van der Waals surface area contributed by atoms with Gasteiger partial charge in [0.15, 0.2) is 0 Å². The van der Waals surface area contributed by atoms with Crippen molar-refractivity contribution in [2.75, 3.05) is 18.0 Å². The van der Waals surface area contributed by atoms with Crippen molar-refractivity contribution in [1.29, 1.82) is 0 Å². The first-order valence-corrected chi connectivity index (χ1v) is 7.08. The van der Waals surface area contributed by atoms with Gasteiger partial charge in [0.2, 0.25) is 0 Å². The van der Waals surface area contributed by atoms with Gasteiger partial charge in [-0.1, -0.05) is 20.8 Å². The fraction of sp³-hybridized carbons (Fsp3) is 0.667. The molecular formula is C15H25N3. The number of aromatic nitrogens is 1. The molecule has 1 aliphatic rings. The van der Waals surface area contributed by atoms with Gasteiger partial charge in [-0.05, 0) is 30.4 Å². The molecule has 1 saturated heterocycles. The Morgan fingerprint density at radius 3 is 3.06 bits per heavy atom. The molecule has 1 aliphatic heterocycles. The van der Waals surface area contributed by atoms with E-state index in [0.29, 0.717) is 6.04 Å². The molecule has 18 heavy (non-hydrogen) atoms. The van der Waals surface area contributed by atoms with Crippen LogP contribution in [0.4, 0.5) is 5.69 Å². The summed E-state index contributed by atoms with van der Waals surface area (Å²) >= 11 is 0. The van der Waals surface area contributed by atoms with Crippen LogP contribution in [0.1, 0.15) is 39.2 Å². The predicted molar refractivity (Wildman–Crippen MR) is 76.8 cm³/mol. The van der Waals surface area contributed by atoms with Gasteiger partial charge in [0.1, 0.15) is 0 Å². The Kier molecular flexibility index (Phi) is 4.59. The van der Waals surface area contributed by atoms with Gasteiger partial charge in [-0.3, -0.25) is 4.98 Å². The van der Waals surface area contributed by atoms with E-state index >= 15 is 0 Å². The monoisotopic (exact) mass is 247 g/mol. The van der Waals surface area contributed by atoms with Gasteiger partial charge in [-0.25, -0.2) is 0 Å². The highest BCUT2D eigenvalue weighted by Crippen LogP contribution is 2.25. The van der Waals surface area contributed by atoms with Crippen LogP contribution in [0, 0.1) is 5.92 Å². The molecule has 2 heterocycles. The Labute approximate surface area is 111 Å². The molecule has 1 unspecified atom stereocenters. The minimum Gasteiger partial charge on any atom is -0.370 e. The van der Waals surface area contributed by atoms with Crippen molar-refractivity contribution in [3.63, 3.8) is 0 Å². The average molecular weight is 247 g/mol. The fourth-order valence-electron chi connectivity index (χ4n) is 2.57. The highest BCUT2D eigenvalue weighted by Gasteiger charge is 2.18. The fourth-order valence-corrected chi connectivity index (χ4v) is 2.57. The molecule has 0 spiro atoms. The van der Waals surface area contributed by atoms with Crippen molar-refractivity contribution in [2.45, 2.75) is 46.2 Å². The van der Waals surface area contributed by atoms with E-state index in [1.54, 1.807) is 0 Å². The minimum atomic E-state index is 0.520. The van der Waals surface area contributed by atoms with Crippen molar-refractivity contribution >= 4 is 5.69 Å². The summed E-state index contributed by atoms with van der Waals surface area (Å²) in [5.41, 5.74) is 2.69. The van der Waals surface area contributed by atoms with Crippen molar-refractivity contribution in [2.24, 2.45) is 5.92 Å². The third kappa shape index (κ3) is 3.45. The average Bonchev–Trinajstić information content (AvgIpc) is 2.36. The quantitative estimate of drug-likeness (QED) is 0.887. The van der Waals surface area contributed by atoms with Crippen LogP contribution in [0.25, 0.3) is 0 Å². The number of hydrogen-bond acceptors (Lipinski definition) is 3. The van der Waals surface area contributed by atoms with Crippen LogP contribution in [-0.4, -0.2) is 24.1 Å². The van der Waals surface area contributed by atoms with E-state index in [1.165, 1.54) is 37.2 Å². The topological polar surface area (TPSA) is 28.2 Å². The van der Waals surface area contributed by atoms with Crippen molar-refractivity contribution in [3.8, 4) is 0 Å². The van der Waals surface area contributed by atoms with Gasteiger partial charge >= 0.3 is 0 Å². The van der Waals surface area contributed by atoms with Crippen molar-refractivity contribution in [1.82, 2.24) is 10.3 Å². The molecule has 0 radical (unpaired) electrons. The second-order valence-corrected chi connectivity index (χ2v) is 5.73. The van der Waals surface area contributed by atoms with Crippen LogP contribution in [0.2, 0.25) is 0 Å². The summed E-state index contributed by atoms with van der Waals surface area (Å²) in [6.07, 6.45) is 6.58. The standard InChI is InChI=1S/C15H25N3/c1-12(2)17-9-14-6-7-16-10-15(14)18-8-4-5-13(3)11-18/h6-7,10,12-13,17H,4-5,8-9,11H2,1-3H3. The first kappa shape index (κ1) is 13.3. The number of rotatable bonds is 4. The number of nitrogens with zero attached hydrogens (tertiary/aromatic N) is 2. The summed E-state index contributed by atoms with van der Waals surface area (Å²) in [6, 6.07) is 2.66. The van der Waals surface area contributed by atoms with Crippen LogP contribution in [-0.2, 0) is 6.54 Å². The first-order chi connectivity index (χ1) is 8.66. The normalized spacial score (nSPS) is 20.4. The lowest BCUT2D eigenvalue weighted by atomic mass is 9.99. The molecule has 1 aromatic heterocycles. The molecule has 3 heteroatoms. The lowest BCUT2D eigenvalue weighted by molar-refractivity contribution is 0.445. The van der Waals surface area contributed by atoms with Gasteiger partial charge in [0.25, 0.3) is 0 Å². The minimum absolute atomic E-state index is 0.520. The van der Waals surface area contributed by atoms with Crippen LogP contribution in [0.3, 0.4) is 0 Å². The van der Waals surface area contributed by atoms with E-state index in [-0.39, 0.29) is 0 Å². The van der Waals surface area contributed by atoms with E-state index in [2.05, 4.69) is 42.0 Å². The van der Waals surface area contributed by atoms with Gasteiger partial charge in [0.05, 0.1) is 11.9 Å². The van der Waals surface area contributed by atoms with E-state index < -0.39 is 0 Å². The maximum atomic E-state index is 4.30. The molecular weight excluding hydrogens is 222 g/mol. The molecule has 0 aliphatic carbocycles. The number of anilines is 1. The van der Waals surface area contributed by atoms with Crippen LogP contribution in [0.5, 0.6) is 0 Å². The Bertz CT molecular complexity index is 376. The Balaban J connectivity index is 2.10. The van der Waals surface area contributed by atoms with Gasteiger partial charge in [-0.2, -0.15) is 0 Å². The predicted octanol–water partition coefficient (Wildman–Crippen LogP) is 2.82. The molecule has 1 N–H and O–H groups in total. The number of piperidine rings is 1. The lowest BCUT2D eigenvalue weighted by Gasteiger charge is -2.34. The van der Waals surface area contributed by atoms with E-state index in [1.807, 2.05) is 12.4 Å². The molecule has 1 atom stereocenters. The number of hydrogen-bond donors (Lipinski definition) is 1. The summed E-state index contributed by atoms with van der Waals surface area (Å²) in [5.74, 6) is 0.796. The highest BCUT2D eigenvalue weighted by molar-refractivity contribution is 5.52. The molecule has 0 amide bonds. The summed E-state index contributed by atoms with van der Waals surface area (Å²) in [5, 5.41) is 3.50. The smallest absolute Gasteiger partial charge is 0.0598 e. The summed E-state index contributed by atoms with van der Waals surface area (Å²) in [6.45, 7) is 9.98. The van der Waals surface area contributed by atoms with Crippen molar-refractivity contribution in [3.05, 3.63) is 24.0 Å². The van der Waals surface area contributed by atoms with E-state index in [9.17, 15) is 0 Å². The lowest BCUT2D eigenvalue weighted by Crippen LogP contribution is -2.35. The molecule has 1 aromatic rings. The third-order valence-electron chi connectivity index (χ3n) is 3.59. The molecule has 100 valence electrons. The molecule has 2 rings (SSSR count). The van der Waals surface area contributed by atoms with Crippen LogP contribution < -0.4 is 10.2 Å². The first-order valence-electron chi connectivity index (χ1n) is 7.08. The van der Waals surface area contributed by atoms with Gasteiger partial charge < -0.3 is 10.2 Å². The van der Waals surface area contributed by atoms with Crippen LogP contribution >= 0.6 is 0 Å². The maximum Gasteiger partial charge on any atom is 0.0598 e. The highest BCUT2D eigenvalue weighted by atomic mass is 15.1. The molecule has 0 aromatic carbocycles. The van der Waals surface area contributed by atoms with E-state index in [0.717, 1.165) is 12.5 Å². The van der Waals surface area contributed by atoms with Gasteiger partial charge in [-0.15, -0.1) is 0 Å². The maximum absolute atomic E-state index is 4.30. The summed E-state index contributed by atoms with van der Waals surface area (Å²) < 4.78 is 0. The number of nitrogens with one attached hydrogen (secondary N) is 1. The van der Waals surface area contributed by atoms with E-state index in [4.69, 9.17) is 0 Å². The molecule has 0 bridgehead atoms. The zero-order valence-electron chi connectivity index (χ0n) is 11.8. The zero-order valence-corrected chi connectivity index (χ0v) is 11.8.